The highest BCUT2D eigenvalue weighted by atomic mass is 79.9. The van der Waals surface area contributed by atoms with Gasteiger partial charge in [0.1, 0.15) is 43.4 Å². The summed E-state index contributed by atoms with van der Waals surface area (Å²) in [7, 11) is 0. The number of aromatic nitrogens is 2. The predicted molar refractivity (Wildman–Crippen MR) is 130 cm³/mol. The first-order valence-corrected chi connectivity index (χ1v) is 12.9. The number of nitrogens with zero attached hydrogens (tertiary/aromatic N) is 2. The van der Waals surface area contributed by atoms with E-state index in [0.717, 1.165) is 36.2 Å². The molecule has 1 aliphatic rings. The number of benzene rings is 1. The van der Waals surface area contributed by atoms with E-state index in [1.807, 2.05) is 12.1 Å². The van der Waals surface area contributed by atoms with E-state index in [9.17, 15) is 9.90 Å². The van der Waals surface area contributed by atoms with Crippen LogP contribution in [0.2, 0.25) is 0 Å². The Morgan fingerprint density at radius 2 is 2.18 bits per heavy atom. The minimum Gasteiger partial charge on any atom is -0.550 e. The molecule has 6 nitrogen and oxygen atoms in total. The monoisotopic (exact) mass is 534 g/mol. The van der Waals surface area contributed by atoms with Crippen LogP contribution in [-0.2, 0) is 29.0 Å². The molecule has 0 saturated heterocycles. The van der Waals surface area contributed by atoms with E-state index in [4.69, 9.17) is 9.47 Å². The maximum absolute atomic E-state index is 9.26. The molecule has 0 amide bonds. The van der Waals surface area contributed by atoms with Gasteiger partial charge in [-0.3, -0.25) is 0 Å². The van der Waals surface area contributed by atoms with Crippen molar-refractivity contribution < 1.29 is 23.9 Å². The third-order valence-electron chi connectivity index (χ3n) is 5.42. The van der Waals surface area contributed by atoms with Crippen molar-refractivity contribution in [2.75, 3.05) is 0 Å². The quantitative estimate of drug-likeness (QED) is 0.383. The molecule has 0 saturated carbocycles. The lowest BCUT2D eigenvalue weighted by molar-refractivity contribution is -0.705. The fourth-order valence-electron chi connectivity index (χ4n) is 3.52. The lowest BCUT2D eigenvalue weighted by Crippen LogP contribution is -2.36. The summed E-state index contributed by atoms with van der Waals surface area (Å²) in [6.45, 7) is 7.50. The molecular weight excluding hydrogens is 504 g/mol. The number of halogens is 1. The molecule has 3 heterocycles. The van der Waals surface area contributed by atoms with Crippen molar-refractivity contribution in [3.8, 4) is 5.75 Å². The number of imidazole rings is 1. The average Bonchev–Trinajstić information content (AvgIpc) is 3.54. The number of thiophene rings is 1. The van der Waals surface area contributed by atoms with Crippen LogP contribution in [0, 0.1) is 0 Å². The Morgan fingerprint density at radius 3 is 2.85 bits per heavy atom. The fraction of sp³-hybridized carbons (Fsp3) is 0.440. The van der Waals surface area contributed by atoms with Gasteiger partial charge in [0.05, 0.1) is 6.10 Å². The van der Waals surface area contributed by atoms with E-state index in [0.29, 0.717) is 0 Å². The molecule has 3 unspecified atom stereocenters. The molecule has 33 heavy (non-hydrogen) atoms. The van der Waals surface area contributed by atoms with Crippen molar-refractivity contribution in [2.45, 2.75) is 71.4 Å². The highest BCUT2D eigenvalue weighted by molar-refractivity contribution is 9.10. The Morgan fingerprint density at radius 1 is 1.39 bits per heavy atom. The second-order valence-electron chi connectivity index (χ2n) is 8.09. The number of carbonyl (C=O) groups is 1. The zero-order chi connectivity index (χ0) is 23.8. The average molecular weight is 536 g/mol. The summed E-state index contributed by atoms with van der Waals surface area (Å²) in [5, 5.41) is 11.4. The molecule has 3 aromatic rings. The maximum atomic E-state index is 9.26. The molecule has 0 spiro atoms. The van der Waals surface area contributed by atoms with Crippen LogP contribution in [0.15, 0.2) is 58.9 Å². The second-order valence-corrected chi connectivity index (χ2v) is 9.98. The van der Waals surface area contributed by atoms with Gasteiger partial charge < -0.3 is 19.4 Å². The number of aliphatic carboxylic acids is 1. The number of carbonyl (C=O) groups excluding carboxylic acids is 1. The Labute approximate surface area is 207 Å². The zero-order valence-electron chi connectivity index (χ0n) is 19.3. The van der Waals surface area contributed by atoms with Gasteiger partial charge in [-0.1, -0.05) is 35.8 Å². The summed E-state index contributed by atoms with van der Waals surface area (Å²) in [6, 6.07) is 10.5. The minimum absolute atomic E-state index is 0.0835. The van der Waals surface area contributed by atoms with E-state index in [2.05, 4.69) is 81.2 Å². The molecule has 8 heteroatoms. The number of rotatable bonds is 9. The van der Waals surface area contributed by atoms with E-state index in [1.54, 1.807) is 11.3 Å². The van der Waals surface area contributed by atoms with Gasteiger partial charge in [-0.2, -0.15) is 0 Å². The van der Waals surface area contributed by atoms with Crippen LogP contribution < -0.4 is 14.4 Å². The van der Waals surface area contributed by atoms with Crippen molar-refractivity contribution in [3.05, 3.63) is 69.3 Å². The van der Waals surface area contributed by atoms with E-state index in [1.165, 1.54) is 17.4 Å². The lowest BCUT2D eigenvalue weighted by atomic mass is 10.1. The zero-order valence-corrected chi connectivity index (χ0v) is 21.7. The smallest absolute Gasteiger partial charge is 0.243 e. The number of hydrogen-bond acceptors (Lipinski definition) is 5. The van der Waals surface area contributed by atoms with Crippen molar-refractivity contribution in [1.29, 1.82) is 0 Å². The molecule has 0 N–H and O–H groups in total. The van der Waals surface area contributed by atoms with E-state index >= 15 is 0 Å². The molecule has 1 aromatic carbocycles. The number of carboxylic acids is 1. The largest absolute Gasteiger partial charge is 0.550 e. The van der Waals surface area contributed by atoms with Crippen LogP contribution in [0.1, 0.15) is 50.2 Å². The van der Waals surface area contributed by atoms with Gasteiger partial charge in [-0.15, -0.1) is 11.3 Å². The molecule has 1 aliphatic heterocycles. The van der Waals surface area contributed by atoms with Gasteiger partial charge in [0, 0.05) is 21.7 Å². The third kappa shape index (κ3) is 7.69. The van der Waals surface area contributed by atoms with Crippen LogP contribution in [-0.4, -0.2) is 22.7 Å². The van der Waals surface area contributed by atoms with Gasteiger partial charge in [0.15, 0.2) is 0 Å². The molecule has 0 fully saturated rings. The molecule has 0 radical (unpaired) electrons. The van der Waals surface area contributed by atoms with Crippen molar-refractivity contribution in [2.24, 2.45) is 0 Å². The van der Waals surface area contributed by atoms with Crippen LogP contribution in [0.5, 0.6) is 5.75 Å². The molecular formula is C25H31BrN2O4S. The molecule has 4 rings (SSSR count). The number of fused-ring (bicyclic) bond motifs is 1. The van der Waals surface area contributed by atoms with E-state index < -0.39 is 5.97 Å². The maximum Gasteiger partial charge on any atom is 0.243 e. The number of carboxylic acid groups (broad SMARTS) is 1. The van der Waals surface area contributed by atoms with Crippen molar-refractivity contribution in [3.63, 3.8) is 0 Å². The SMILES string of the molecule is CCC(=O)[O-].CCC(C)OC(C[n+]1ccn(CC2Cc3cc(Br)ccc3O2)c1)c1cccs1. The molecule has 3 atom stereocenters. The van der Waals surface area contributed by atoms with Crippen molar-refractivity contribution >= 4 is 33.2 Å². The van der Waals surface area contributed by atoms with Gasteiger partial charge in [-0.25, -0.2) is 9.13 Å². The van der Waals surface area contributed by atoms with Gasteiger partial charge in [0.2, 0.25) is 6.33 Å². The summed E-state index contributed by atoms with van der Waals surface area (Å²) in [6.07, 6.45) is 8.98. The van der Waals surface area contributed by atoms with E-state index in [-0.39, 0.29) is 24.7 Å². The highest BCUT2D eigenvalue weighted by Crippen LogP contribution is 2.31. The third-order valence-corrected chi connectivity index (χ3v) is 6.88. The topological polar surface area (TPSA) is 67.4 Å². The predicted octanol–water partition coefficient (Wildman–Crippen LogP) is 4.31. The molecule has 0 bridgehead atoms. The molecule has 2 aromatic heterocycles. The van der Waals surface area contributed by atoms with Crippen LogP contribution in [0.3, 0.4) is 0 Å². The normalized spacial score (nSPS) is 16.3. The van der Waals surface area contributed by atoms with Gasteiger partial charge >= 0.3 is 0 Å². The van der Waals surface area contributed by atoms with Gasteiger partial charge in [0.25, 0.3) is 0 Å². The Kier molecular flexibility index (Phi) is 9.52. The number of ether oxygens (including phenoxy) is 2. The summed E-state index contributed by atoms with van der Waals surface area (Å²) in [5.74, 6) is 0.0120. The number of hydrogen-bond donors (Lipinski definition) is 0. The first-order valence-electron chi connectivity index (χ1n) is 11.3. The second kappa shape index (κ2) is 12.3. The molecule has 0 aliphatic carbocycles. The summed E-state index contributed by atoms with van der Waals surface area (Å²) >= 11 is 5.30. The first-order chi connectivity index (χ1) is 15.9. The fourth-order valence-corrected chi connectivity index (χ4v) is 4.69. The molecule has 178 valence electrons. The Hall–Kier alpha value is -2.16. The lowest BCUT2D eigenvalue weighted by Gasteiger charge is -2.19. The van der Waals surface area contributed by atoms with Gasteiger partial charge in [-0.05, 0) is 55.0 Å². The summed E-state index contributed by atoms with van der Waals surface area (Å²) in [5.41, 5.74) is 1.28. The minimum atomic E-state index is -0.995. The van der Waals surface area contributed by atoms with Crippen LogP contribution in [0.25, 0.3) is 0 Å². The van der Waals surface area contributed by atoms with Crippen LogP contribution >= 0.6 is 27.3 Å². The Balaban J connectivity index is 0.000000555. The van der Waals surface area contributed by atoms with Crippen LogP contribution in [0.4, 0.5) is 0 Å². The first kappa shape index (κ1) is 25.5. The summed E-state index contributed by atoms with van der Waals surface area (Å²) in [4.78, 5) is 10.5. The highest BCUT2D eigenvalue weighted by Gasteiger charge is 2.26. The summed E-state index contributed by atoms with van der Waals surface area (Å²) < 4.78 is 17.9. The van der Waals surface area contributed by atoms with Crippen molar-refractivity contribution in [1.82, 2.24) is 4.57 Å². The Bertz CT molecular complexity index is 1020. The standard InChI is InChI=1S/C22H26BrN2O2S.C3H6O2/c1-3-16(2)26-21(22-5-4-10-28-22)14-25-9-8-24(15-25)13-19-12-17-11-18(23)6-7-20(17)27-19;1-2-3(4)5/h4-11,15-16,19,21H,3,12-14H2,1-2H3;2H2,1H3,(H,4,5)/q+1;/p-1.